The lowest BCUT2D eigenvalue weighted by molar-refractivity contribution is 0.584. The summed E-state index contributed by atoms with van der Waals surface area (Å²) < 4.78 is 0. The van der Waals surface area contributed by atoms with Crippen LogP contribution in [0.1, 0.15) is 19.8 Å². The monoisotopic (exact) mass is 158 g/mol. The molecule has 0 aromatic rings. The number of hydrogen-bond donors (Lipinski definition) is 2. The highest BCUT2D eigenvalue weighted by molar-refractivity contribution is 7.80. The first kappa shape index (κ1) is 7.79. The molecule has 0 heterocycles. The molecule has 0 aliphatic heterocycles. The van der Waals surface area contributed by atoms with Gasteiger partial charge in [-0.05, 0) is 37.9 Å². The van der Waals surface area contributed by atoms with E-state index in [1.165, 1.54) is 12.8 Å². The highest BCUT2D eigenvalue weighted by Gasteiger charge is 2.27. The second-order valence-electron chi connectivity index (χ2n) is 2.85. The van der Waals surface area contributed by atoms with Crippen molar-refractivity contribution in [3.05, 3.63) is 0 Å². The van der Waals surface area contributed by atoms with Crippen molar-refractivity contribution in [3.63, 3.8) is 0 Å². The smallest absolute Gasteiger partial charge is 0.166 e. The number of rotatable bonds is 2. The average molecular weight is 158 g/mol. The van der Waals surface area contributed by atoms with Crippen LogP contribution in [0, 0.1) is 5.92 Å². The van der Waals surface area contributed by atoms with Crippen molar-refractivity contribution in [2.45, 2.75) is 25.8 Å². The standard InChI is InChI=1S/C7H14N2S/c1-5(6-3-4-6)9-7(10)8-2/h5-6H,3-4H2,1-2H3,(H2,8,9,10). The van der Waals surface area contributed by atoms with Gasteiger partial charge in [-0.1, -0.05) is 0 Å². The van der Waals surface area contributed by atoms with Gasteiger partial charge in [0.1, 0.15) is 0 Å². The van der Waals surface area contributed by atoms with Crippen molar-refractivity contribution in [2.75, 3.05) is 7.05 Å². The third-order valence-electron chi connectivity index (χ3n) is 1.91. The fourth-order valence-electron chi connectivity index (χ4n) is 0.993. The lowest BCUT2D eigenvalue weighted by atomic mass is 10.2. The maximum atomic E-state index is 4.96. The van der Waals surface area contributed by atoms with Crippen LogP contribution >= 0.6 is 12.2 Å². The van der Waals surface area contributed by atoms with Gasteiger partial charge in [-0.15, -0.1) is 0 Å². The zero-order valence-corrected chi connectivity index (χ0v) is 7.29. The Morgan fingerprint density at radius 3 is 2.60 bits per heavy atom. The average Bonchev–Trinajstić information content (AvgIpc) is 2.68. The van der Waals surface area contributed by atoms with Gasteiger partial charge in [0.25, 0.3) is 0 Å². The van der Waals surface area contributed by atoms with Crippen LogP contribution in [0.15, 0.2) is 0 Å². The summed E-state index contributed by atoms with van der Waals surface area (Å²) >= 11 is 4.96. The second kappa shape index (κ2) is 3.19. The largest absolute Gasteiger partial charge is 0.366 e. The third kappa shape index (κ3) is 2.14. The Labute approximate surface area is 67.4 Å². The van der Waals surface area contributed by atoms with Crippen LogP contribution in [-0.2, 0) is 0 Å². The Morgan fingerprint density at radius 2 is 2.20 bits per heavy atom. The summed E-state index contributed by atoms with van der Waals surface area (Å²) in [5, 5.41) is 6.87. The fraction of sp³-hybridized carbons (Fsp3) is 0.857. The Bertz CT molecular complexity index is 132. The summed E-state index contributed by atoms with van der Waals surface area (Å²) in [4.78, 5) is 0. The van der Waals surface area contributed by atoms with Gasteiger partial charge < -0.3 is 10.6 Å². The zero-order chi connectivity index (χ0) is 7.56. The van der Waals surface area contributed by atoms with Gasteiger partial charge in [-0.25, -0.2) is 0 Å². The van der Waals surface area contributed by atoms with Gasteiger partial charge in [0, 0.05) is 13.1 Å². The highest BCUT2D eigenvalue weighted by Crippen LogP contribution is 2.32. The summed E-state index contributed by atoms with van der Waals surface area (Å²) in [7, 11) is 1.84. The van der Waals surface area contributed by atoms with E-state index in [-0.39, 0.29) is 0 Å². The van der Waals surface area contributed by atoms with Crippen molar-refractivity contribution in [1.82, 2.24) is 10.6 Å². The minimum Gasteiger partial charge on any atom is -0.366 e. The van der Waals surface area contributed by atoms with Gasteiger partial charge in [-0.3, -0.25) is 0 Å². The topological polar surface area (TPSA) is 24.1 Å². The molecule has 3 heteroatoms. The first-order chi connectivity index (χ1) is 4.74. The molecule has 1 fully saturated rings. The molecule has 0 bridgehead atoms. The quantitative estimate of drug-likeness (QED) is 0.583. The number of hydrogen-bond acceptors (Lipinski definition) is 1. The molecular weight excluding hydrogens is 144 g/mol. The first-order valence-electron chi connectivity index (χ1n) is 3.72. The molecule has 58 valence electrons. The van der Waals surface area contributed by atoms with Crippen molar-refractivity contribution >= 4 is 17.3 Å². The van der Waals surface area contributed by atoms with E-state index in [1.54, 1.807) is 0 Å². The molecule has 1 atom stereocenters. The second-order valence-corrected chi connectivity index (χ2v) is 3.26. The van der Waals surface area contributed by atoms with E-state index in [0.717, 1.165) is 11.0 Å². The van der Waals surface area contributed by atoms with Crippen molar-refractivity contribution in [2.24, 2.45) is 5.92 Å². The summed E-state index contributed by atoms with van der Waals surface area (Å²) in [6, 6.07) is 0.556. The lowest BCUT2D eigenvalue weighted by Gasteiger charge is -2.13. The van der Waals surface area contributed by atoms with Crippen molar-refractivity contribution in [3.8, 4) is 0 Å². The van der Waals surface area contributed by atoms with Gasteiger partial charge >= 0.3 is 0 Å². The van der Waals surface area contributed by atoms with E-state index in [2.05, 4.69) is 17.6 Å². The van der Waals surface area contributed by atoms with Crippen LogP contribution in [0.5, 0.6) is 0 Å². The van der Waals surface area contributed by atoms with Crippen LogP contribution in [0.2, 0.25) is 0 Å². The Kier molecular flexibility index (Phi) is 2.49. The van der Waals surface area contributed by atoms with Crippen LogP contribution in [0.25, 0.3) is 0 Å². The molecule has 0 aromatic heterocycles. The minimum absolute atomic E-state index is 0.556. The molecule has 1 saturated carbocycles. The highest BCUT2D eigenvalue weighted by atomic mass is 32.1. The third-order valence-corrected chi connectivity index (χ3v) is 2.24. The van der Waals surface area contributed by atoms with Crippen molar-refractivity contribution in [1.29, 1.82) is 0 Å². The molecule has 0 aromatic carbocycles. The fourth-order valence-corrected chi connectivity index (χ4v) is 1.18. The van der Waals surface area contributed by atoms with Crippen LogP contribution in [0.4, 0.5) is 0 Å². The molecule has 0 amide bonds. The molecular formula is C7H14N2S. The molecule has 2 nitrogen and oxygen atoms in total. The Balaban J connectivity index is 2.16. The van der Waals surface area contributed by atoms with Crippen molar-refractivity contribution < 1.29 is 0 Å². The van der Waals surface area contributed by atoms with Gasteiger partial charge in [0.05, 0.1) is 0 Å². The molecule has 1 rings (SSSR count). The number of thiocarbonyl (C=S) groups is 1. The summed E-state index contributed by atoms with van der Waals surface area (Å²) in [6.45, 7) is 2.18. The minimum atomic E-state index is 0.556. The predicted octanol–water partition coefficient (Wildman–Crippen LogP) is 0.879. The summed E-state index contributed by atoms with van der Waals surface area (Å²) in [5.74, 6) is 0.867. The molecule has 2 N–H and O–H groups in total. The van der Waals surface area contributed by atoms with E-state index >= 15 is 0 Å². The van der Waals surface area contributed by atoms with E-state index in [0.29, 0.717) is 6.04 Å². The molecule has 10 heavy (non-hydrogen) atoms. The SMILES string of the molecule is CNC(=S)NC(C)C1CC1. The molecule has 0 saturated heterocycles. The Hall–Kier alpha value is -0.310. The molecule has 1 aliphatic carbocycles. The molecule has 0 spiro atoms. The van der Waals surface area contributed by atoms with E-state index < -0.39 is 0 Å². The normalized spacial score (nSPS) is 19.8. The Morgan fingerprint density at radius 1 is 1.60 bits per heavy atom. The predicted molar refractivity (Wildman–Crippen MR) is 47.0 cm³/mol. The maximum Gasteiger partial charge on any atom is 0.166 e. The molecule has 0 radical (unpaired) electrons. The van der Waals surface area contributed by atoms with Gasteiger partial charge in [-0.2, -0.15) is 0 Å². The lowest BCUT2D eigenvalue weighted by Crippen LogP contribution is -2.39. The van der Waals surface area contributed by atoms with Crippen LogP contribution in [-0.4, -0.2) is 18.2 Å². The number of nitrogens with one attached hydrogen (secondary N) is 2. The van der Waals surface area contributed by atoms with Crippen LogP contribution < -0.4 is 10.6 Å². The first-order valence-corrected chi connectivity index (χ1v) is 4.13. The van der Waals surface area contributed by atoms with Gasteiger partial charge in [0.2, 0.25) is 0 Å². The van der Waals surface area contributed by atoms with E-state index in [4.69, 9.17) is 12.2 Å². The molecule has 1 aliphatic rings. The van der Waals surface area contributed by atoms with E-state index in [9.17, 15) is 0 Å². The summed E-state index contributed by atoms with van der Waals surface area (Å²) in [5.41, 5.74) is 0. The van der Waals surface area contributed by atoms with Gasteiger partial charge in [0.15, 0.2) is 5.11 Å². The van der Waals surface area contributed by atoms with E-state index in [1.807, 2.05) is 7.05 Å². The summed E-state index contributed by atoms with van der Waals surface area (Å²) in [6.07, 6.45) is 2.72. The maximum absolute atomic E-state index is 4.96. The molecule has 1 unspecified atom stereocenters. The zero-order valence-electron chi connectivity index (χ0n) is 6.48. The van der Waals surface area contributed by atoms with Crippen LogP contribution in [0.3, 0.4) is 0 Å².